The van der Waals surface area contributed by atoms with Crippen molar-refractivity contribution >= 4 is 23.0 Å². The molecule has 0 radical (unpaired) electrons. The molecular weight excluding hydrogens is 286 g/mol. The fourth-order valence-corrected chi connectivity index (χ4v) is 3.16. The minimum absolute atomic E-state index is 0.0617. The molecule has 0 N–H and O–H groups in total. The molecule has 1 aromatic carbocycles. The summed E-state index contributed by atoms with van der Waals surface area (Å²) in [6.45, 7) is 6.78. The number of carbonyl (C=O) groups excluding carboxylic acids is 2. The van der Waals surface area contributed by atoms with E-state index in [-0.39, 0.29) is 16.5 Å². The summed E-state index contributed by atoms with van der Waals surface area (Å²) in [6, 6.07) is 9.23. The zero-order valence-corrected chi connectivity index (χ0v) is 13.5. The van der Waals surface area contributed by atoms with Crippen molar-refractivity contribution in [2.45, 2.75) is 38.0 Å². The van der Waals surface area contributed by atoms with Gasteiger partial charge in [0.05, 0.1) is 0 Å². The van der Waals surface area contributed by atoms with Gasteiger partial charge in [-0.15, -0.1) is 0 Å². The first kappa shape index (κ1) is 15.9. The van der Waals surface area contributed by atoms with Gasteiger partial charge in [-0.3, -0.25) is 4.79 Å². The van der Waals surface area contributed by atoms with E-state index in [9.17, 15) is 9.59 Å². The van der Waals surface area contributed by atoms with Gasteiger partial charge in [-0.1, -0.05) is 42.1 Å². The summed E-state index contributed by atoms with van der Waals surface area (Å²) in [5.74, 6) is 0. The number of amides is 1. The molecule has 1 saturated heterocycles. The van der Waals surface area contributed by atoms with Crippen molar-refractivity contribution in [3.63, 3.8) is 0 Å². The van der Waals surface area contributed by atoms with Crippen molar-refractivity contribution in [1.29, 1.82) is 0 Å². The first-order valence-corrected chi connectivity index (χ1v) is 7.97. The highest BCUT2D eigenvalue weighted by Gasteiger charge is 2.31. The van der Waals surface area contributed by atoms with Crippen LogP contribution in [0.3, 0.4) is 0 Å². The highest BCUT2D eigenvalue weighted by molar-refractivity contribution is 8.14. The van der Waals surface area contributed by atoms with Crippen molar-refractivity contribution < 1.29 is 14.3 Å². The average molecular weight is 307 g/mol. The van der Waals surface area contributed by atoms with Gasteiger partial charge in [0.1, 0.15) is 5.60 Å². The van der Waals surface area contributed by atoms with E-state index in [1.807, 2.05) is 51.1 Å². The van der Waals surface area contributed by atoms with E-state index in [1.54, 1.807) is 4.90 Å². The molecule has 1 atom stereocenters. The van der Waals surface area contributed by atoms with E-state index in [0.29, 0.717) is 18.7 Å². The quantitative estimate of drug-likeness (QED) is 0.838. The molecule has 0 aliphatic carbocycles. The number of carbonyl (C=O) groups is 2. The molecule has 1 heterocycles. The average Bonchev–Trinajstić information content (AvgIpc) is 2.86. The van der Waals surface area contributed by atoms with Crippen LogP contribution in [0.2, 0.25) is 0 Å². The van der Waals surface area contributed by atoms with Gasteiger partial charge in [-0.2, -0.15) is 0 Å². The lowest BCUT2D eigenvalue weighted by Gasteiger charge is -2.24. The summed E-state index contributed by atoms with van der Waals surface area (Å²) in [4.78, 5) is 25.8. The molecule has 1 fully saturated rings. The SMILES string of the molecule is CC(C)(C)OC(=O)N1CC[C@H](SC(=O)c2ccccc2)C1. The second-order valence-corrected chi connectivity index (χ2v) is 7.38. The Labute approximate surface area is 129 Å². The third-order valence-corrected chi connectivity index (χ3v) is 4.25. The fraction of sp³-hybridized carbons (Fsp3) is 0.500. The van der Waals surface area contributed by atoms with Gasteiger partial charge in [-0.25, -0.2) is 4.79 Å². The van der Waals surface area contributed by atoms with E-state index in [2.05, 4.69) is 0 Å². The molecule has 1 aliphatic heterocycles. The molecule has 2 rings (SSSR count). The molecule has 1 amide bonds. The number of benzene rings is 1. The third-order valence-electron chi connectivity index (χ3n) is 3.08. The van der Waals surface area contributed by atoms with E-state index >= 15 is 0 Å². The zero-order valence-electron chi connectivity index (χ0n) is 12.7. The Bertz CT molecular complexity index is 510. The summed E-state index contributed by atoms with van der Waals surface area (Å²) in [5, 5.41) is 0.205. The van der Waals surface area contributed by atoms with Crippen LogP contribution in [0, 0.1) is 0 Å². The number of likely N-dealkylation sites (tertiary alicyclic amines) is 1. The van der Waals surface area contributed by atoms with Crippen molar-refractivity contribution in [1.82, 2.24) is 4.90 Å². The predicted octanol–water partition coefficient (Wildman–Crippen LogP) is 3.57. The highest BCUT2D eigenvalue weighted by Crippen LogP contribution is 2.27. The summed E-state index contributed by atoms with van der Waals surface area (Å²) >= 11 is 1.31. The number of rotatable bonds is 2. The van der Waals surface area contributed by atoms with E-state index in [0.717, 1.165) is 6.42 Å². The highest BCUT2D eigenvalue weighted by atomic mass is 32.2. The fourth-order valence-electron chi connectivity index (χ4n) is 2.11. The van der Waals surface area contributed by atoms with Gasteiger partial charge in [-0.05, 0) is 27.2 Å². The molecule has 21 heavy (non-hydrogen) atoms. The third kappa shape index (κ3) is 4.77. The van der Waals surface area contributed by atoms with Gasteiger partial charge >= 0.3 is 6.09 Å². The summed E-state index contributed by atoms with van der Waals surface area (Å²) < 4.78 is 5.35. The number of hydrogen-bond donors (Lipinski definition) is 0. The minimum Gasteiger partial charge on any atom is -0.444 e. The van der Waals surface area contributed by atoms with Gasteiger partial charge in [0.15, 0.2) is 0 Å². The predicted molar refractivity (Wildman–Crippen MR) is 84.6 cm³/mol. The van der Waals surface area contributed by atoms with Crippen LogP contribution in [0.5, 0.6) is 0 Å². The normalized spacial score (nSPS) is 18.6. The van der Waals surface area contributed by atoms with Gasteiger partial charge < -0.3 is 9.64 Å². The Balaban J connectivity index is 1.86. The first-order chi connectivity index (χ1) is 9.85. The summed E-state index contributed by atoms with van der Waals surface area (Å²) in [5.41, 5.74) is 0.223. The van der Waals surface area contributed by atoms with Crippen molar-refractivity contribution in [2.24, 2.45) is 0 Å². The second-order valence-electron chi connectivity index (χ2n) is 6.11. The van der Waals surface area contributed by atoms with Crippen LogP contribution in [0.25, 0.3) is 0 Å². The molecule has 114 valence electrons. The maximum absolute atomic E-state index is 12.1. The Morgan fingerprint density at radius 1 is 1.24 bits per heavy atom. The van der Waals surface area contributed by atoms with Crippen LogP contribution in [0.1, 0.15) is 37.6 Å². The first-order valence-electron chi connectivity index (χ1n) is 7.09. The van der Waals surface area contributed by atoms with E-state index in [4.69, 9.17) is 4.74 Å². The number of hydrogen-bond acceptors (Lipinski definition) is 4. The second kappa shape index (κ2) is 6.52. The Kier molecular flexibility index (Phi) is 4.93. The maximum Gasteiger partial charge on any atom is 0.410 e. The van der Waals surface area contributed by atoms with Crippen LogP contribution in [0.4, 0.5) is 4.79 Å². The molecule has 0 bridgehead atoms. The minimum atomic E-state index is -0.484. The number of thioether (sulfide) groups is 1. The van der Waals surface area contributed by atoms with Crippen molar-refractivity contribution in [3.8, 4) is 0 Å². The number of nitrogens with zero attached hydrogens (tertiary/aromatic N) is 1. The number of ether oxygens (including phenoxy) is 1. The lowest BCUT2D eigenvalue weighted by molar-refractivity contribution is 0.0295. The molecule has 4 nitrogen and oxygen atoms in total. The van der Waals surface area contributed by atoms with Crippen LogP contribution in [0.15, 0.2) is 30.3 Å². The molecule has 1 aromatic rings. The summed E-state index contributed by atoms with van der Waals surface area (Å²) in [7, 11) is 0. The Morgan fingerprint density at radius 3 is 2.52 bits per heavy atom. The van der Waals surface area contributed by atoms with Crippen molar-refractivity contribution in [2.75, 3.05) is 13.1 Å². The molecule has 1 aliphatic rings. The van der Waals surface area contributed by atoms with E-state index in [1.165, 1.54) is 11.8 Å². The van der Waals surface area contributed by atoms with Gasteiger partial charge in [0, 0.05) is 23.9 Å². The van der Waals surface area contributed by atoms with Crippen LogP contribution >= 0.6 is 11.8 Å². The standard InChI is InChI=1S/C16H21NO3S/c1-16(2,3)20-15(19)17-10-9-13(11-17)21-14(18)12-7-5-4-6-8-12/h4-8,13H,9-11H2,1-3H3/t13-/m0/s1. The molecule has 0 saturated carbocycles. The largest absolute Gasteiger partial charge is 0.444 e. The monoisotopic (exact) mass is 307 g/mol. The smallest absolute Gasteiger partial charge is 0.410 e. The van der Waals surface area contributed by atoms with E-state index < -0.39 is 5.60 Å². The molecule has 0 spiro atoms. The van der Waals surface area contributed by atoms with Gasteiger partial charge in [0.25, 0.3) is 0 Å². The lowest BCUT2D eigenvalue weighted by Crippen LogP contribution is -2.35. The summed E-state index contributed by atoms with van der Waals surface area (Å²) in [6.07, 6.45) is 0.528. The Hall–Kier alpha value is -1.49. The van der Waals surface area contributed by atoms with Crippen LogP contribution in [-0.4, -0.2) is 40.0 Å². The lowest BCUT2D eigenvalue weighted by atomic mass is 10.2. The molecular formula is C16H21NO3S. The maximum atomic E-state index is 12.1. The van der Waals surface area contributed by atoms with Gasteiger partial charge in [0.2, 0.25) is 5.12 Å². The van der Waals surface area contributed by atoms with Crippen molar-refractivity contribution in [3.05, 3.63) is 35.9 Å². The molecule has 0 unspecified atom stereocenters. The zero-order chi connectivity index (χ0) is 15.5. The molecule has 0 aromatic heterocycles. The molecule has 5 heteroatoms. The van der Waals surface area contributed by atoms with Crippen LogP contribution < -0.4 is 0 Å². The van der Waals surface area contributed by atoms with Crippen LogP contribution in [-0.2, 0) is 4.74 Å². The topological polar surface area (TPSA) is 46.6 Å². The Morgan fingerprint density at radius 2 is 1.90 bits per heavy atom.